The van der Waals surface area contributed by atoms with Crippen LogP contribution in [0.25, 0.3) is 0 Å². The number of methoxy groups -OCH3 is 1. The van der Waals surface area contributed by atoms with E-state index in [2.05, 4.69) is 15.0 Å². The topological polar surface area (TPSA) is 97.4 Å². The first kappa shape index (κ1) is 18.9. The molecule has 1 aromatic heterocycles. The van der Waals surface area contributed by atoms with Gasteiger partial charge in [-0.2, -0.15) is 0 Å². The number of carbonyl (C=O) groups is 1. The van der Waals surface area contributed by atoms with Crippen LogP contribution in [0.1, 0.15) is 21.6 Å². The van der Waals surface area contributed by atoms with Gasteiger partial charge in [0.05, 0.1) is 7.11 Å². The number of pyridine rings is 1. The molecule has 25 heavy (non-hydrogen) atoms. The minimum absolute atomic E-state index is 0.0526. The quantitative estimate of drug-likeness (QED) is 0.725. The summed E-state index contributed by atoms with van der Waals surface area (Å²) in [7, 11) is -2.32. The van der Waals surface area contributed by atoms with Crippen molar-refractivity contribution in [3.05, 3.63) is 53.3 Å². The van der Waals surface area contributed by atoms with Gasteiger partial charge in [0.1, 0.15) is 16.3 Å². The summed E-state index contributed by atoms with van der Waals surface area (Å²) < 4.78 is 32.6. The summed E-state index contributed by atoms with van der Waals surface area (Å²) in [6.07, 6.45) is 1.52. The molecule has 0 fully saturated rings. The summed E-state index contributed by atoms with van der Waals surface area (Å²) in [6, 6.07) is 8.26. The summed E-state index contributed by atoms with van der Waals surface area (Å²) in [5, 5.41) is 2.61. The van der Waals surface area contributed by atoms with Crippen molar-refractivity contribution >= 4 is 15.9 Å². The normalized spacial score (nSPS) is 11.2. The number of carbonyl (C=O) groups excluding carboxylic acids is 1. The van der Waals surface area contributed by atoms with Gasteiger partial charge in [0.2, 0.25) is 10.0 Å². The fourth-order valence-electron chi connectivity index (χ4n) is 2.16. The van der Waals surface area contributed by atoms with E-state index < -0.39 is 10.0 Å². The molecular weight excluding hydrogens is 342 g/mol. The molecule has 0 spiro atoms. The molecule has 0 atom stereocenters. The Morgan fingerprint density at radius 2 is 1.88 bits per heavy atom. The van der Waals surface area contributed by atoms with Gasteiger partial charge in [-0.25, -0.2) is 13.1 Å². The van der Waals surface area contributed by atoms with Gasteiger partial charge in [0.25, 0.3) is 5.91 Å². The third kappa shape index (κ3) is 4.77. The van der Waals surface area contributed by atoms with Gasteiger partial charge in [-0.15, -0.1) is 0 Å². The van der Waals surface area contributed by atoms with Crippen molar-refractivity contribution in [1.82, 2.24) is 15.0 Å². The number of aromatic nitrogens is 1. The van der Waals surface area contributed by atoms with Crippen LogP contribution in [0, 0.1) is 13.8 Å². The number of ether oxygens (including phenoxy) is 1. The highest BCUT2D eigenvalue weighted by Gasteiger charge is 2.20. The van der Waals surface area contributed by atoms with Crippen molar-refractivity contribution in [2.45, 2.75) is 18.7 Å². The van der Waals surface area contributed by atoms with Gasteiger partial charge in [-0.05, 0) is 49.2 Å². The number of nitrogens with zero attached hydrogens (tertiary/aromatic N) is 1. The average Bonchev–Trinajstić information content (AvgIpc) is 2.61. The lowest BCUT2D eigenvalue weighted by atomic mass is 10.1. The monoisotopic (exact) mass is 363 g/mol. The lowest BCUT2D eigenvalue weighted by Crippen LogP contribution is -2.35. The minimum atomic E-state index is -3.75. The van der Waals surface area contributed by atoms with Crippen molar-refractivity contribution in [3.8, 4) is 5.75 Å². The van der Waals surface area contributed by atoms with Crippen LogP contribution in [-0.2, 0) is 10.0 Å². The predicted molar refractivity (Wildman–Crippen MR) is 94.2 cm³/mol. The molecule has 0 radical (unpaired) electrons. The molecule has 1 amide bonds. The third-order valence-electron chi connectivity index (χ3n) is 3.67. The smallest absolute Gasteiger partial charge is 0.269 e. The van der Waals surface area contributed by atoms with E-state index in [1.54, 1.807) is 30.3 Å². The molecule has 1 aromatic carbocycles. The van der Waals surface area contributed by atoms with E-state index in [0.717, 1.165) is 11.1 Å². The van der Waals surface area contributed by atoms with Crippen molar-refractivity contribution in [2.24, 2.45) is 0 Å². The fourth-order valence-corrected chi connectivity index (χ4v) is 3.42. The zero-order valence-electron chi connectivity index (χ0n) is 14.4. The molecule has 0 aliphatic rings. The van der Waals surface area contributed by atoms with E-state index in [4.69, 9.17) is 4.74 Å². The molecule has 0 bridgehead atoms. The standard InChI is InChI=1S/C17H21N3O4S/c1-12-10-15(24-3)16(11-13(12)2)25(22,23)20-9-8-19-17(21)14-6-4-5-7-18-14/h4-7,10-11,20H,8-9H2,1-3H3,(H,19,21). The first-order valence-electron chi connectivity index (χ1n) is 7.69. The van der Waals surface area contributed by atoms with Gasteiger partial charge < -0.3 is 10.1 Å². The Hall–Kier alpha value is -2.45. The number of nitrogens with one attached hydrogen (secondary N) is 2. The van der Waals surface area contributed by atoms with Gasteiger partial charge in [0.15, 0.2) is 0 Å². The van der Waals surface area contributed by atoms with Gasteiger partial charge >= 0.3 is 0 Å². The Labute approximate surface area is 147 Å². The second kappa shape index (κ2) is 8.09. The van der Waals surface area contributed by atoms with Crippen molar-refractivity contribution < 1.29 is 17.9 Å². The van der Waals surface area contributed by atoms with Crippen LogP contribution >= 0.6 is 0 Å². The molecule has 0 aliphatic carbocycles. The fraction of sp³-hybridized carbons (Fsp3) is 0.294. The molecule has 134 valence electrons. The van der Waals surface area contributed by atoms with Gasteiger partial charge in [-0.3, -0.25) is 9.78 Å². The summed E-state index contributed by atoms with van der Waals surface area (Å²) in [5.74, 6) is -0.0725. The lowest BCUT2D eigenvalue weighted by Gasteiger charge is -2.13. The molecule has 2 aromatic rings. The van der Waals surface area contributed by atoms with E-state index in [1.807, 2.05) is 13.8 Å². The molecule has 2 rings (SSSR count). The van der Waals surface area contributed by atoms with Crippen LogP contribution < -0.4 is 14.8 Å². The molecular formula is C17H21N3O4S. The second-order valence-electron chi connectivity index (χ2n) is 5.46. The summed E-state index contributed by atoms with van der Waals surface area (Å²) in [4.78, 5) is 15.9. The number of hydrogen-bond acceptors (Lipinski definition) is 5. The molecule has 2 N–H and O–H groups in total. The highest BCUT2D eigenvalue weighted by molar-refractivity contribution is 7.89. The Bertz CT molecular complexity index is 852. The number of amides is 1. The van der Waals surface area contributed by atoms with Crippen LogP contribution in [0.2, 0.25) is 0 Å². The van der Waals surface area contributed by atoms with Crippen molar-refractivity contribution in [3.63, 3.8) is 0 Å². The maximum Gasteiger partial charge on any atom is 0.269 e. The largest absolute Gasteiger partial charge is 0.495 e. The minimum Gasteiger partial charge on any atom is -0.495 e. The molecule has 0 unspecified atom stereocenters. The van der Waals surface area contributed by atoms with E-state index in [9.17, 15) is 13.2 Å². The molecule has 7 nitrogen and oxygen atoms in total. The Kier molecular flexibility index (Phi) is 6.11. The Balaban J connectivity index is 1.98. The van der Waals surface area contributed by atoms with Gasteiger partial charge in [0, 0.05) is 19.3 Å². The van der Waals surface area contributed by atoms with Crippen LogP contribution in [0.15, 0.2) is 41.4 Å². The summed E-state index contributed by atoms with van der Waals surface area (Å²) in [6.45, 7) is 3.91. The SMILES string of the molecule is COc1cc(C)c(C)cc1S(=O)(=O)NCCNC(=O)c1ccccn1. The maximum atomic E-state index is 12.5. The number of hydrogen-bond donors (Lipinski definition) is 2. The molecule has 0 aliphatic heterocycles. The number of benzene rings is 1. The van der Waals surface area contributed by atoms with Crippen LogP contribution in [0.4, 0.5) is 0 Å². The predicted octanol–water partition coefficient (Wildman–Crippen LogP) is 1.42. The highest BCUT2D eigenvalue weighted by Crippen LogP contribution is 2.26. The number of rotatable bonds is 7. The lowest BCUT2D eigenvalue weighted by molar-refractivity contribution is 0.0949. The molecule has 8 heteroatoms. The molecule has 0 saturated carbocycles. The summed E-state index contributed by atoms with van der Waals surface area (Å²) in [5.41, 5.74) is 2.07. The summed E-state index contributed by atoms with van der Waals surface area (Å²) >= 11 is 0. The van der Waals surface area contributed by atoms with E-state index in [-0.39, 0.29) is 35.3 Å². The number of sulfonamides is 1. The van der Waals surface area contributed by atoms with Crippen molar-refractivity contribution in [1.29, 1.82) is 0 Å². The first-order valence-corrected chi connectivity index (χ1v) is 9.17. The average molecular weight is 363 g/mol. The zero-order chi connectivity index (χ0) is 18.4. The second-order valence-corrected chi connectivity index (χ2v) is 7.19. The first-order chi connectivity index (χ1) is 11.8. The maximum absolute atomic E-state index is 12.5. The Morgan fingerprint density at radius 1 is 1.16 bits per heavy atom. The zero-order valence-corrected chi connectivity index (χ0v) is 15.2. The van der Waals surface area contributed by atoms with E-state index in [0.29, 0.717) is 0 Å². The van der Waals surface area contributed by atoms with E-state index >= 15 is 0 Å². The number of aryl methyl sites for hydroxylation is 2. The van der Waals surface area contributed by atoms with Crippen LogP contribution in [0.3, 0.4) is 0 Å². The third-order valence-corrected chi connectivity index (χ3v) is 5.15. The van der Waals surface area contributed by atoms with Crippen LogP contribution in [-0.4, -0.2) is 39.5 Å². The van der Waals surface area contributed by atoms with Crippen molar-refractivity contribution in [2.75, 3.05) is 20.2 Å². The van der Waals surface area contributed by atoms with Gasteiger partial charge in [-0.1, -0.05) is 6.07 Å². The Morgan fingerprint density at radius 3 is 2.52 bits per heavy atom. The molecule has 0 saturated heterocycles. The van der Waals surface area contributed by atoms with Crippen LogP contribution in [0.5, 0.6) is 5.75 Å². The highest BCUT2D eigenvalue weighted by atomic mass is 32.2. The molecule has 1 heterocycles. The van der Waals surface area contributed by atoms with E-state index in [1.165, 1.54) is 13.3 Å².